The first-order chi connectivity index (χ1) is 8.65. The van der Waals surface area contributed by atoms with Crippen molar-refractivity contribution in [2.45, 2.75) is 18.9 Å². The zero-order chi connectivity index (χ0) is 13.0. The molecule has 2 amide bonds. The summed E-state index contributed by atoms with van der Waals surface area (Å²) in [5, 5.41) is 5.58. The smallest absolute Gasteiger partial charge is 0.319 e. The molecule has 1 fully saturated rings. The highest BCUT2D eigenvalue weighted by Crippen LogP contribution is 2.24. The molecule has 0 aromatic heterocycles. The number of nitrogen functional groups attached to an aromatic ring is 1. The predicted molar refractivity (Wildman–Crippen MR) is 73.5 cm³/mol. The second kappa shape index (κ2) is 5.73. The lowest BCUT2D eigenvalue weighted by atomic mass is 10.3. The molecule has 0 unspecified atom stereocenters. The summed E-state index contributed by atoms with van der Waals surface area (Å²) in [7, 11) is 2.09. The summed E-state index contributed by atoms with van der Waals surface area (Å²) in [6.45, 7) is 1.54. The molecule has 98 valence electrons. The van der Waals surface area contributed by atoms with Crippen molar-refractivity contribution in [1.29, 1.82) is 0 Å². The molecule has 1 aromatic rings. The van der Waals surface area contributed by atoms with Crippen LogP contribution in [-0.4, -0.2) is 37.1 Å². The molecule has 0 atom stereocenters. The number of benzene rings is 1. The number of hydrogen-bond acceptors (Lipinski definition) is 3. The SMILES string of the molecule is CN(CCNC(=O)Nc1cccc(N)c1)C1CC1. The molecule has 0 heterocycles. The van der Waals surface area contributed by atoms with Crippen molar-refractivity contribution in [3.63, 3.8) is 0 Å². The third kappa shape index (κ3) is 3.92. The number of nitrogens with zero attached hydrogens (tertiary/aromatic N) is 1. The lowest BCUT2D eigenvalue weighted by molar-refractivity contribution is 0.249. The van der Waals surface area contributed by atoms with Gasteiger partial charge in [-0.15, -0.1) is 0 Å². The minimum atomic E-state index is -0.190. The number of rotatable bonds is 5. The van der Waals surface area contributed by atoms with Crippen LogP contribution in [0.1, 0.15) is 12.8 Å². The molecule has 0 spiro atoms. The molecule has 5 nitrogen and oxygen atoms in total. The highest BCUT2D eigenvalue weighted by molar-refractivity contribution is 5.89. The van der Waals surface area contributed by atoms with Gasteiger partial charge in [0, 0.05) is 30.5 Å². The van der Waals surface area contributed by atoms with Gasteiger partial charge in [0.1, 0.15) is 0 Å². The van der Waals surface area contributed by atoms with E-state index in [4.69, 9.17) is 5.73 Å². The summed E-state index contributed by atoms with van der Waals surface area (Å²) in [6, 6.07) is 7.68. The number of nitrogens with two attached hydrogens (primary N) is 1. The Hall–Kier alpha value is -1.75. The van der Waals surface area contributed by atoms with E-state index >= 15 is 0 Å². The molecule has 4 N–H and O–H groups in total. The minimum absolute atomic E-state index is 0.190. The number of amides is 2. The van der Waals surface area contributed by atoms with Gasteiger partial charge in [-0.05, 0) is 38.1 Å². The molecule has 5 heteroatoms. The zero-order valence-electron chi connectivity index (χ0n) is 10.6. The second-order valence-electron chi connectivity index (χ2n) is 4.72. The van der Waals surface area contributed by atoms with Crippen LogP contribution in [0.3, 0.4) is 0 Å². The van der Waals surface area contributed by atoms with E-state index < -0.39 is 0 Å². The van der Waals surface area contributed by atoms with Crippen molar-refractivity contribution >= 4 is 17.4 Å². The van der Waals surface area contributed by atoms with Gasteiger partial charge in [-0.3, -0.25) is 0 Å². The van der Waals surface area contributed by atoms with Gasteiger partial charge in [0.05, 0.1) is 0 Å². The van der Waals surface area contributed by atoms with Crippen molar-refractivity contribution in [3.8, 4) is 0 Å². The second-order valence-corrected chi connectivity index (χ2v) is 4.72. The molecule has 1 aliphatic rings. The Morgan fingerprint density at radius 2 is 2.28 bits per heavy atom. The van der Waals surface area contributed by atoms with Crippen LogP contribution in [0.25, 0.3) is 0 Å². The van der Waals surface area contributed by atoms with E-state index in [0.29, 0.717) is 17.9 Å². The summed E-state index contributed by atoms with van der Waals surface area (Å²) in [5.41, 5.74) is 6.99. The largest absolute Gasteiger partial charge is 0.399 e. The van der Waals surface area contributed by atoms with E-state index in [0.717, 1.165) is 12.6 Å². The van der Waals surface area contributed by atoms with Gasteiger partial charge in [0.2, 0.25) is 0 Å². The van der Waals surface area contributed by atoms with Crippen molar-refractivity contribution < 1.29 is 4.79 Å². The molecule has 0 radical (unpaired) electrons. The Balaban J connectivity index is 1.68. The fourth-order valence-electron chi connectivity index (χ4n) is 1.84. The van der Waals surface area contributed by atoms with Gasteiger partial charge in [0.15, 0.2) is 0 Å². The van der Waals surface area contributed by atoms with Gasteiger partial charge < -0.3 is 21.3 Å². The summed E-state index contributed by atoms with van der Waals surface area (Å²) >= 11 is 0. The zero-order valence-corrected chi connectivity index (χ0v) is 10.6. The number of likely N-dealkylation sites (N-methyl/N-ethyl adjacent to an activating group) is 1. The van der Waals surface area contributed by atoms with Gasteiger partial charge in [0.25, 0.3) is 0 Å². The molecule has 0 saturated heterocycles. The fourth-order valence-corrected chi connectivity index (χ4v) is 1.84. The van der Waals surface area contributed by atoms with Crippen molar-refractivity contribution in [3.05, 3.63) is 24.3 Å². The van der Waals surface area contributed by atoms with Crippen LogP contribution < -0.4 is 16.4 Å². The molecule has 0 aliphatic heterocycles. The van der Waals surface area contributed by atoms with Crippen LogP contribution in [0.15, 0.2) is 24.3 Å². The first-order valence-corrected chi connectivity index (χ1v) is 6.26. The Morgan fingerprint density at radius 3 is 2.94 bits per heavy atom. The summed E-state index contributed by atoms with van der Waals surface area (Å²) in [4.78, 5) is 13.9. The van der Waals surface area contributed by atoms with E-state index in [1.807, 2.05) is 12.1 Å². The van der Waals surface area contributed by atoms with Crippen LogP contribution in [0, 0.1) is 0 Å². The van der Waals surface area contributed by atoms with Crippen LogP contribution in [0.4, 0.5) is 16.2 Å². The maximum absolute atomic E-state index is 11.6. The van der Waals surface area contributed by atoms with E-state index in [-0.39, 0.29) is 6.03 Å². The molecular weight excluding hydrogens is 228 g/mol. The monoisotopic (exact) mass is 248 g/mol. The molecule has 18 heavy (non-hydrogen) atoms. The van der Waals surface area contributed by atoms with Crippen LogP contribution in [-0.2, 0) is 0 Å². The Morgan fingerprint density at radius 1 is 1.50 bits per heavy atom. The number of carbonyl (C=O) groups is 1. The number of anilines is 2. The third-order valence-electron chi connectivity index (χ3n) is 3.06. The number of urea groups is 1. The topological polar surface area (TPSA) is 70.4 Å². The van der Waals surface area contributed by atoms with E-state index in [9.17, 15) is 4.79 Å². The first-order valence-electron chi connectivity index (χ1n) is 6.26. The summed E-state index contributed by atoms with van der Waals surface area (Å²) in [6.07, 6.45) is 2.57. The van der Waals surface area contributed by atoms with E-state index in [2.05, 4.69) is 22.6 Å². The van der Waals surface area contributed by atoms with E-state index in [1.165, 1.54) is 12.8 Å². The molecule has 0 bridgehead atoms. The molecule has 1 aromatic carbocycles. The molecule has 1 saturated carbocycles. The third-order valence-corrected chi connectivity index (χ3v) is 3.06. The Bertz CT molecular complexity index is 417. The van der Waals surface area contributed by atoms with Crippen molar-refractivity contribution in [2.75, 3.05) is 31.2 Å². The highest BCUT2D eigenvalue weighted by atomic mass is 16.2. The summed E-state index contributed by atoms with van der Waals surface area (Å²) < 4.78 is 0. The number of nitrogens with one attached hydrogen (secondary N) is 2. The maximum Gasteiger partial charge on any atom is 0.319 e. The minimum Gasteiger partial charge on any atom is -0.399 e. The number of carbonyl (C=O) groups excluding carboxylic acids is 1. The molecule has 1 aliphatic carbocycles. The lowest BCUT2D eigenvalue weighted by Gasteiger charge is -2.15. The fraction of sp³-hybridized carbons (Fsp3) is 0.462. The van der Waals surface area contributed by atoms with Gasteiger partial charge in [-0.1, -0.05) is 6.07 Å². The van der Waals surface area contributed by atoms with Crippen LogP contribution >= 0.6 is 0 Å². The van der Waals surface area contributed by atoms with Crippen molar-refractivity contribution in [2.24, 2.45) is 0 Å². The Labute approximate surface area is 107 Å². The number of hydrogen-bond donors (Lipinski definition) is 3. The average Bonchev–Trinajstić information content (AvgIpc) is 3.12. The maximum atomic E-state index is 11.6. The van der Waals surface area contributed by atoms with Crippen LogP contribution in [0.5, 0.6) is 0 Å². The van der Waals surface area contributed by atoms with Gasteiger partial charge in [-0.2, -0.15) is 0 Å². The van der Waals surface area contributed by atoms with Crippen molar-refractivity contribution in [1.82, 2.24) is 10.2 Å². The molecule has 2 rings (SSSR count). The van der Waals surface area contributed by atoms with Gasteiger partial charge >= 0.3 is 6.03 Å². The predicted octanol–water partition coefficient (Wildman–Crippen LogP) is 1.48. The Kier molecular flexibility index (Phi) is 4.04. The van der Waals surface area contributed by atoms with E-state index in [1.54, 1.807) is 12.1 Å². The van der Waals surface area contributed by atoms with Crippen LogP contribution in [0.2, 0.25) is 0 Å². The normalized spacial score (nSPS) is 14.6. The standard InChI is InChI=1S/C13H20N4O/c1-17(12-5-6-12)8-7-15-13(18)16-11-4-2-3-10(14)9-11/h2-4,9,12H,5-8,14H2,1H3,(H2,15,16,18). The van der Waals surface area contributed by atoms with Gasteiger partial charge in [-0.25, -0.2) is 4.79 Å². The highest BCUT2D eigenvalue weighted by Gasteiger charge is 2.25. The quantitative estimate of drug-likeness (QED) is 0.691. The lowest BCUT2D eigenvalue weighted by Crippen LogP contribution is -2.36. The summed E-state index contributed by atoms with van der Waals surface area (Å²) in [5.74, 6) is 0. The molecular formula is C13H20N4O. The average molecular weight is 248 g/mol. The first kappa shape index (κ1) is 12.7.